The van der Waals surface area contributed by atoms with Gasteiger partial charge in [0.1, 0.15) is 5.75 Å². The Bertz CT molecular complexity index is 922. The number of ether oxygens (including phenoxy) is 2. The van der Waals surface area contributed by atoms with E-state index in [4.69, 9.17) is 9.47 Å². The minimum atomic E-state index is -3.62. The monoisotopic (exact) mass is 418 g/mol. The van der Waals surface area contributed by atoms with E-state index in [0.717, 1.165) is 49.5 Å². The van der Waals surface area contributed by atoms with E-state index in [9.17, 15) is 8.42 Å². The van der Waals surface area contributed by atoms with Crippen molar-refractivity contribution in [2.24, 2.45) is 0 Å². The van der Waals surface area contributed by atoms with Gasteiger partial charge >= 0.3 is 0 Å². The maximum atomic E-state index is 12.8. The average molecular weight is 419 g/mol. The van der Waals surface area contributed by atoms with Gasteiger partial charge in [0, 0.05) is 26.2 Å². The van der Waals surface area contributed by atoms with Crippen LogP contribution in [0.5, 0.6) is 5.75 Å². The number of rotatable bonds is 8. The Labute approximate surface area is 173 Å². The third-order valence-electron chi connectivity index (χ3n) is 4.89. The second kappa shape index (κ2) is 9.71. The van der Waals surface area contributed by atoms with E-state index in [-0.39, 0.29) is 17.5 Å². The van der Waals surface area contributed by atoms with Gasteiger partial charge in [0.2, 0.25) is 10.0 Å². The Hall–Kier alpha value is -1.93. The summed E-state index contributed by atoms with van der Waals surface area (Å²) in [6.45, 7) is 10.1. The molecule has 0 spiro atoms. The van der Waals surface area contributed by atoms with Crippen molar-refractivity contribution in [3.8, 4) is 5.75 Å². The van der Waals surface area contributed by atoms with Crippen molar-refractivity contribution < 1.29 is 17.9 Å². The molecule has 6 nitrogen and oxygen atoms in total. The number of sulfonamides is 1. The molecular formula is C22H30N2O4S. The third kappa shape index (κ3) is 6.02. The topological polar surface area (TPSA) is 67.9 Å². The minimum Gasteiger partial charge on any atom is -0.491 e. The first-order valence-electron chi connectivity index (χ1n) is 9.99. The van der Waals surface area contributed by atoms with Crippen LogP contribution in [0.4, 0.5) is 0 Å². The predicted molar refractivity (Wildman–Crippen MR) is 114 cm³/mol. The average Bonchev–Trinajstić information content (AvgIpc) is 2.69. The number of nitrogens with one attached hydrogen (secondary N) is 1. The zero-order valence-electron chi connectivity index (χ0n) is 17.3. The lowest BCUT2D eigenvalue weighted by atomic mass is 10.1. The Morgan fingerprint density at radius 1 is 1.10 bits per heavy atom. The van der Waals surface area contributed by atoms with Crippen molar-refractivity contribution in [3.05, 3.63) is 59.2 Å². The van der Waals surface area contributed by atoms with Crippen LogP contribution >= 0.6 is 0 Å². The largest absolute Gasteiger partial charge is 0.491 e. The smallest absolute Gasteiger partial charge is 0.240 e. The highest BCUT2D eigenvalue weighted by Crippen LogP contribution is 2.23. The molecule has 0 atom stereocenters. The number of nitrogens with zero attached hydrogens (tertiary/aromatic N) is 1. The highest BCUT2D eigenvalue weighted by molar-refractivity contribution is 7.89. The second-order valence-corrected chi connectivity index (χ2v) is 9.34. The van der Waals surface area contributed by atoms with E-state index in [1.54, 1.807) is 18.2 Å². The first-order valence-corrected chi connectivity index (χ1v) is 11.5. The van der Waals surface area contributed by atoms with E-state index in [2.05, 4.69) is 15.7 Å². The summed E-state index contributed by atoms with van der Waals surface area (Å²) in [5.41, 5.74) is 2.92. The highest BCUT2D eigenvalue weighted by atomic mass is 32.2. The van der Waals surface area contributed by atoms with Gasteiger partial charge in [-0.15, -0.1) is 0 Å². The van der Waals surface area contributed by atoms with Crippen LogP contribution in [0.25, 0.3) is 0 Å². The van der Waals surface area contributed by atoms with Gasteiger partial charge in [-0.25, -0.2) is 13.1 Å². The molecule has 0 amide bonds. The number of morpholine rings is 1. The van der Waals surface area contributed by atoms with Crippen LogP contribution in [0.2, 0.25) is 0 Å². The van der Waals surface area contributed by atoms with Crippen LogP contribution < -0.4 is 9.46 Å². The molecule has 0 unspecified atom stereocenters. The lowest BCUT2D eigenvalue weighted by molar-refractivity contribution is 0.0341. The van der Waals surface area contributed by atoms with Crippen molar-refractivity contribution in [1.82, 2.24) is 9.62 Å². The number of aryl methyl sites for hydroxylation is 1. The third-order valence-corrected chi connectivity index (χ3v) is 6.29. The van der Waals surface area contributed by atoms with Gasteiger partial charge in [-0.05, 0) is 55.7 Å². The maximum Gasteiger partial charge on any atom is 0.240 e. The molecule has 0 aromatic heterocycles. The van der Waals surface area contributed by atoms with Gasteiger partial charge in [-0.1, -0.05) is 24.3 Å². The molecule has 0 bridgehead atoms. The van der Waals surface area contributed by atoms with Gasteiger partial charge in [-0.2, -0.15) is 0 Å². The van der Waals surface area contributed by atoms with E-state index in [1.165, 1.54) is 0 Å². The normalized spacial score (nSPS) is 15.6. The van der Waals surface area contributed by atoms with Crippen LogP contribution in [0.1, 0.15) is 30.5 Å². The fourth-order valence-electron chi connectivity index (χ4n) is 3.32. The number of hydrogen-bond acceptors (Lipinski definition) is 5. The van der Waals surface area contributed by atoms with Crippen LogP contribution in [-0.4, -0.2) is 45.7 Å². The summed E-state index contributed by atoms with van der Waals surface area (Å²) in [7, 11) is -3.62. The summed E-state index contributed by atoms with van der Waals surface area (Å²) < 4.78 is 39.5. The van der Waals surface area contributed by atoms with Crippen LogP contribution in [0.3, 0.4) is 0 Å². The SMILES string of the molecule is Cc1cc(S(=O)(=O)NCc2ccccc2CN2CCOCC2)ccc1OC(C)C. The fourth-order valence-corrected chi connectivity index (χ4v) is 4.41. The van der Waals surface area contributed by atoms with Crippen molar-refractivity contribution in [3.63, 3.8) is 0 Å². The minimum absolute atomic E-state index is 0.0391. The van der Waals surface area contributed by atoms with Gasteiger partial charge in [-0.3, -0.25) is 4.90 Å². The second-order valence-electron chi connectivity index (χ2n) is 7.58. The molecule has 3 rings (SSSR count). The molecule has 2 aromatic carbocycles. The summed E-state index contributed by atoms with van der Waals surface area (Å²) in [5, 5.41) is 0. The quantitative estimate of drug-likeness (QED) is 0.714. The van der Waals surface area contributed by atoms with Crippen LogP contribution in [-0.2, 0) is 27.8 Å². The molecular weight excluding hydrogens is 388 g/mol. The zero-order chi connectivity index (χ0) is 20.9. The van der Waals surface area contributed by atoms with Crippen LogP contribution in [0.15, 0.2) is 47.4 Å². The summed E-state index contributed by atoms with van der Waals surface area (Å²) in [6.07, 6.45) is 0.0391. The van der Waals surface area contributed by atoms with Crippen molar-refractivity contribution in [2.45, 2.75) is 44.9 Å². The highest BCUT2D eigenvalue weighted by Gasteiger charge is 2.17. The predicted octanol–water partition coefficient (Wildman–Crippen LogP) is 3.09. The van der Waals surface area contributed by atoms with Crippen molar-refractivity contribution in [2.75, 3.05) is 26.3 Å². The summed E-state index contributed by atoms with van der Waals surface area (Å²) in [5.74, 6) is 0.704. The summed E-state index contributed by atoms with van der Waals surface area (Å²) in [4.78, 5) is 2.57. The maximum absolute atomic E-state index is 12.8. The molecule has 0 radical (unpaired) electrons. The van der Waals surface area contributed by atoms with Crippen molar-refractivity contribution in [1.29, 1.82) is 0 Å². The molecule has 1 aliphatic rings. The van der Waals surface area contributed by atoms with E-state index < -0.39 is 10.0 Å². The molecule has 1 fully saturated rings. The lowest BCUT2D eigenvalue weighted by Gasteiger charge is -2.27. The van der Waals surface area contributed by atoms with Crippen molar-refractivity contribution >= 4 is 10.0 Å². The van der Waals surface area contributed by atoms with E-state index in [0.29, 0.717) is 5.75 Å². The molecule has 1 aliphatic heterocycles. The molecule has 0 aliphatic carbocycles. The number of hydrogen-bond donors (Lipinski definition) is 1. The van der Waals surface area contributed by atoms with Gasteiger partial charge in [0.25, 0.3) is 0 Å². The molecule has 2 aromatic rings. The molecule has 29 heavy (non-hydrogen) atoms. The van der Waals surface area contributed by atoms with Gasteiger partial charge in [0.05, 0.1) is 24.2 Å². The molecule has 1 heterocycles. The summed E-state index contributed by atoms with van der Waals surface area (Å²) in [6, 6.07) is 12.9. The number of benzene rings is 2. The lowest BCUT2D eigenvalue weighted by Crippen LogP contribution is -2.36. The standard InChI is InChI=1S/C22H30N2O4S/c1-17(2)28-22-9-8-21(14-18(22)3)29(25,26)23-15-19-6-4-5-7-20(19)16-24-10-12-27-13-11-24/h4-9,14,17,23H,10-13,15-16H2,1-3H3. The zero-order valence-corrected chi connectivity index (χ0v) is 18.2. The first-order chi connectivity index (χ1) is 13.8. The van der Waals surface area contributed by atoms with Crippen LogP contribution in [0, 0.1) is 6.92 Å². The molecule has 158 valence electrons. The van der Waals surface area contributed by atoms with Gasteiger partial charge < -0.3 is 9.47 Å². The molecule has 1 N–H and O–H groups in total. The molecule has 1 saturated heterocycles. The molecule has 7 heteroatoms. The Morgan fingerprint density at radius 2 is 1.79 bits per heavy atom. The Morgan fingerprint density at radius 3 is 2.45 bits per heavy atom. The Kier molecular flexibility index (Phi) is 7.29. The molecule has 0 saturated carbocycles. The fraction of sp³-hybridized carbons (Fsp3) is 0.455. The summed E-state index contributed by atoms with van der Waals surface area (Å²) >= 11 is 0. The Balaban J connectivity index is 1.69. The van der Waals surface area contributed by atoms with Gasteiger partial charge in [0.15, 0.2) is 0 Å². The first kappa shape index (κ1) is 21.8. The van der Waals surface area contributed by atoms with E-state index >= 15 is 0 Å². The van der Waals surface area contributed by atoms with E-state index in [1.807, 2.05) is 39.0 Å².